The second-order valence-corrected chi connectivity index (χ2v) is 8.02. The van der Waals surface area contributed by atoms with E-state index in [1.165, 1.54) is 7.11 Å². The molecule has 0 saturated heterocycles. The topological polar surface area (TPSA) is 75.6 Å². The van der Waals surface area contributed by atoms with Gasteiger partial charge in [0, 0.05) is 18.5 Å². The summed E-state index contributed by atoms with van der Waals surface area (Å²) in [4.78, 5) is 23.6. The molecule has 0 aliphatic carbocycles. The van der Waals surface area contributed by atoms with Gasteiger partial charge in [-0.2, -0.15) is 0 Å². The molecule has 0 aliphatic heterocycles. The van der Waals surface area contributed by atoms with Gasteiger partial charge in [0.2, 0.25) is 0 Å². The minimum Gasteiger partial charge on any atom is -0.469 e. The van der Waals surface area contributed by atoms with Gasteiger partial charge in [-0.3, -0.25) is 9.59 Å². The number of ether oxygens (including phenoxy) is 1. The van der Waals surface area contributed by atoms with Gasteiger partial charge in [0.05, 0.1) is 7.11 Å². The predicted octanol–water partition coefficient (Wildman–Crippen LogP) is 4.82. The lowest BCUT2D eigenvalue weighted by Crippen LogP contribution is -2.29. The molecule has 33 heavy (non-hydrogen) atoms. The molecule has 0 radical (unpaired) electrons. The summed E-state index contributed by atoms with van der Waals surface area (Å²) in [5.74, 6) is -0.322. The molecule has 1 amide bonds. The van der Waals surface area contributed by atoms with Crippen LogP contribution in [0.3, 0.4) is 0 Å². The maximum atomic E-state index is 12.5. The Morgan fingerprint density at radius 1 is 0.758 bits per heavy atom. The largest absolute Gasteiger partial charge is 0.469 e. The van der Waals surface area contributed by atoms with Crippen molar-refractivity contribution < 1.29 is 19.4 Å². The Morgan fingerprint density at radius 2 is 1.27 bits per heavy atom. The molecule has 5 heteroatoms. The number of methoxy groups -OCH3 is 1. The van der Waals surface area contributed by atoms with E-state index < -0.39 is 5.60 Å². The van der Waals surface area contributed by atoms with Gasteiger partial charge in [0.25, 0.3) is 5.91 Å². The third-order valence-electron chi connectivity index (χ3n) is 5.77. The molecule has 2 N–H and O–H groups in total. The van der Waals surface area contributed by atoms with Crippen LogP contribution in [0.25, 0.3) is 0 Å². The first-order chi connectivity index (χ1) is 16.1. The smallest absolute Gasteiger partial charge is 0.305 e. The molecule has 172 valence electrons. The van der Waals surface area contributed by atoms with Crippen molar-refractivity contribution >= 4 is 11.9 Å². The van der Waals surface area contributed by atoms with Crippen molar-refractivity contribution in [2.75, 3.05) is 13.7 Å². The van der Waals surface area contributed by atoms with Crippen LogP contribution in [-0.2, 0) is 15.1 Å². The Balaban J connectivity index is 1.62. The van der Waals surface area contributed by atoms with Crippen molar-refractivity contribution in [3.05, 3.63) is 107 Å². The Labute approximate surface area is 195 Å². The van der Waals surface area contributed by atoms with Gasteiger partial charge < -0.3 is 15.2 Å². The fourth-order valence-corrected chi connectivity index (χ4v) is 3.88. The maximum Gasteiger partial charge on any atom is 0.305 e. The number of amides is 1. The SMILES string of the molecule is COC(=O)CCCCCCNC(=O)c1ccc(C(O)(c2ccccc2)c2ccccc2)cc1. The third-order valence-corrected chi connectivity index (χ3v) is 5.77. The molecule has 0 spiro atoms. The van der Waals surface area contributed by atoms with Crippen molar-refractivity contribution in [2.24, 2.45) is 0 Å². The van der Waals surface area contributed by atoms with E-state index in [1.54, 1.807) is 12.1 Å². The van der Waals surface area contributed by atoms with Crippen molar-refractivity contribution in [2.45, 2.75) is 37.7 Å². The number of hydrogen-bond acceptors (Lipinski definition) is 4. The number of rotatable bonds is 11. The minimum atomic E-state index is -1.32. The van der Waals surface area contributed by atoms with E-state index in [1.807, 2.05) is 72.8 Å². The first-order valence-corrected chi connectivity index (χ1v) is 11.3. The van der Waals surface area contributed by atoms with Crippen molar-refractivity contribution in [1.29, 1.82) is 0 Å². The summed E-state index contributed by atoms with van der Waals surface area (Å²) in [7, 11) is 1.40. The average Bonchev–Trinajstić information content (AvgIpc) is 2.88. The molecule has 0 aromatic heterocycles. The Kier molecular flexibility index (Phi) is 8.79. The molecule has 0 atom stereocenters. The first-order valence-electron chi connectivity index (χ1n) is 11.3. The highest BCUT2D eigenvalue weighted by atomic mass is 16.5. The van der Waals surface area contributed by atoms with Crippen LogP contribution in [0.1, 0.15) is 59.2 Å². The van der Waals surface area contributed by atoms with E-state index in [2.05, 4.69) is 10.1 Å². The van der Waals surface area contributed by atoms with Gasteiger partial charge in [-0.25, -0.2) is 0 Å². The molecule has 0 aliphatic rings. The molecular formula is C28H31NO4. The average molecular weight is 446 g/mol. The molecular weight excluding hydrogens is 414 g/mol. The summed E-state index contributed by atoms with van der Waals surface area (Å²) >= 11 is 0. The van der Waals surface area contributed by atoms with Crippen molar-refractivity contribution in [1.82, 2.24) is 5.32 Å². The summed E-state index contributed by atoms with van der Waals surface area (Å²) in [5.41, 5.74) is 1.46. The van der Waals surface area contributed by atoms with Gasteiger partial charge in [-0.15, -0.1) is 0 Å². The van der Waals surface area contributed by atoms with Crippen LogP contribution in [0.4, 0.5) is 0 Å². The molecule has 0 saturated carbocycles. The van der Waals surface area contributed by atoms with Crippen molar-refractivity contribution in [3.8, 4) is 0 Å². The number of esters is 1. The molecule has 0 fully saturated rings. The normalized spacial score (nSPS) is 11.1. The van der Waals surface area contributed by atoms with E-state index in [0.29, 0.717) is 24.1 Å². The van der Waals surface area contributed by atoms with Gasteiger partial charge >= 0.3 is 5.97 Å². The summed E-state index contributed by atoms with van der Waals surface area (Å²) in [6.45, 7) is 0.580. The summed E-state index contributed by atoms with van der Waals surface area (Å²) in [6, 6.07) is 26.2. The van der Waals surface area contributed by atoms with Gasteiger partial charge in [0.1, 0.15) is 5.60 Å². The molecule has 3 rings (SSSR count). The summed E-state index contributed by atoms with van der Waals surface area (Å²) in [6.07, 6.45) is 3.96. The van der Waals surface area contributed by atoms with E-state index >= 15 is 0 Å². The number of hydrogen-bond donors (Lipinski definition) is 2. The highest BCUT2D eigenvalue weighted by molar-refractivity contribution is 5.94. The number of carbonyl (C=O) groups is 2. The molecule has 0 heterocycles. The van der Waals surface area contributed by atoms with E-state index in [0.717, 1.165) is 36.8 Å². The molecule has 0 bridgehead atoms. The van der Waals surface area contributed by atoms with E-state index in [9.17, 15) is 14.7 Å². The highest BCUT2D eigenvalue weighted by Gasteiger charge is 2.33. The van der Waals surface area contributed by atoms with Crippen LogP contribution in [0.5, 0.6) is 0 Å². The summed E-state index contributed by atoms with van der Waals surface area (Å²) in [5, 5.41) is 14.8. The Hall–Kier alpha value is -3.44. The summed E-state index contributed by atoms with van der Waals surface area (Å²) < 4.78 is 4.63. The van der Waals surface area contributed by atoms with E-state index in [4.69, 9.17) is 0 Å². The molecule has 3 aromatic rings. The minimum absolute atomic E-state index is 0.140. The number of aliphatic hydroxyl groups is 1. The number of unbranched alkanes of at least 4 members (excludes halogenated alkanes) is 3. The zero-order chi connectivity index (χ0) is 23.5. The zero-order valence-electron chi connectivity index (χ0n) is 19.0. The molecule has 5 nitrogen and oxygen atoms in total. The fourth-order valence-electron chi connectivity index (χ4n) is 3.88. The van der Waals surface area contributed by atoms with Crippen LogP contribution < -0.4 is 5.32 Å². The van der Waals surface area contributed by atoms with Crippen LogP contribution in [-0.4, -0.2) is 30.6 Å². The lowest BCUT2D eigenvalue weighted by molar-refractivity contribution is -0.140. The Bertz CT molecular complexity index is 977. The van der Waals surface area contributed by atoms with E-state index in [-0.39, 0.29) is 11.9 Å². The number of benzene rings is 3. The number of carbonyl (C=O) groups excluding carboxylic acids is 2. The van der Waals surface area contributed by atoms with Gasteiger partial charge in [0.15, 0.2) is 0 Å². The van der Waals surface area contributed by atoms with Crippen molar-refractivity contribution in [3.63, 3.8) is 0 Å². The van der Waals surface area contributed by atoms with Crippen LogP contribution in [0.15, 0.2) is 84.9 Å². The third kappa shape index (κ3) is 6.30. The second kappa shape index (κ2) is 12.0. The quantitative estimate of drug-likeness (QED) is 0.252. The van der Waals surface area contributed by atoms with Crippen LogP contribution >= 0.6 is 0 Å². The lowest BCUT2D eigenvalue weighted by Gasteiger charge is -2.30. The molecule has 3 aromatic carbocycles. The van der Waals surface area contributed by atoms with Crippen LogP contribution in [0, 0.1) is 0 Å². The highest BCUT2D eigenvalue weighted by Crippen LogP contribution is 2.36. The zero-order valence-corrected chi connectivity index (χ0v) is 19.0. The predicted molar refractivity (Wildman–Crippen MR) is 129 cm³/mol. The lowest BCUT2D eigenvalue weighted by atomic mass is 9.80. The first kappa shape index (κ1) is 24.2. The van der Waals surface area contributed by atoms with Crippen LogP contribution in [0.2, 0.25) is 0 Å². The molecule has 0 unspecified atom stereocenters. The monoisotopic (exact) mass is 445 g/mol. The fraction of sp³-hybridized carbons (Fsp3) is 0.286. The standard InChI is InChI=1S/C28H31NO4/c1-33-26(30)16-10-2-3-11-21-29-27(31)22-17-19-25(20-18-22)28(32,23-12-6-4-7-13-23)24-14-8-5-9-15-24/h4-9,12-15,17-20,32H,2-3,10-11,16,21H2,1H3,(H,29,31). The van der Waals surface area contributed by atoms with Gasteiger partial charge in [-0.05, 0) is 41.7 Å². The second-order valence-electron chi connectivity index (χ2n) is 8.02. The Morgan fingerprint density at radius 3 is 1.82 bits per heavy atom. The maximum absolute atomic E-state index is 12.5. The van der Waals surface area contributed by atoms with Gasteiger partial charge in [-0.1, -0.05) is 85.6 Å². The number of nitrogens with one attached hydrogen (secondary N) is 1.